The van der Waals surface area contributed by atoms with Crippen molar-refractivity contribution in [3.8, 4) is 22.8 Å². The van der Waals surface area contributed by atoms with Crippen molar-refractivity contribution >= 4 is 11.3 Å². The Hall–Kier alpha value is -1.59. The monoisotopic (exact) mass is 262 g/mol. The third kappa shape index (κ3) is 2.19. The first-order valence-corrected chi connectivity index (χ1v) is 6.79. The van der Waals surface area contributed by atoms with E-state index in [1.807, 2.05) is 23.6 Å². The molecular formula is C13H14N2O2S. The molecule has 0 aliphatic carbocycles. The third-order valence-electron chi connectivity index (χ3n) is 2.77. The first-order valence-electron chi connectivity index (χ1n) is 5.91. The van der Waals surface area contributed by atoms with Crippen LogP contribution in [-0.4, -0.2) is 18.2 Å². The lowest BCUT2D eigenvalue weighted by Gasteiger charge is -2.08. The topological polar surface area (TPSA) is 57.4 Å². The van der Waals surface area contributed by atoms with Gasteiger partial charge in [-0.1, -0.05) is 0 Å². The van der Waals surface area contributed by atoms with Crippen molar-refractivity contribution in [3.63, 3.8) is 0 Å². The van der Waals surface area contributed by atoms with Crippen molar-refractivity contribution in [2.75, 3.05) is 13.2 Å². The van der Waals surface area contributed by atoms with E-state index in [0.717, 1.165) is 34.2 Å². The predicted octanol–water partition coefficient (Wildman–Crippen LogP) is 2.43. The lowest BCUT2D eigenvalue weighted by atomic mass is 10.1. The highest BCUT2D eigenvalue weighted by Crippen LogP contribution is 2.34. The van der Waals surface area contributed by atoms with E-state index in [1.54, 1.807) is 11.3 Å². The van der Waals surface area contributed by atoms with Crippen LogP contribution in [0.2, 0.25) is 0 Å². The highest BCUT2D eigenvalue weighted by molar-refractivity contribution is 7.09. The summed E-state index contributed by atoms with van der Waals surface area (Å²) in [5.41, 5.74) is 7.55. The summed E-state index contributed by atoms with van der Waals surface area (Å²) >= 11 is 1.58. The summed E-state index contributed by atoms with van der Waals surface area (Å²) in [5, 5.41) is 2.96. The van der Waals surface area contributed by atoms with Gasteiger partial charge in [0.1, 0.15) is 5.01 Å². The number of hydrogen-bond donors (Lipinski definition) is 1. The van der Waals surface area contributed by atoms with Gasteiger partial charge in [0.05, 0.1) is 18.9 Å². The maximum atomic E-state index is 5.67. The van der Waals surface area contributed by atoms with Crippen molar-refractivity contribution in [2.24, 2.45) is 5.73 Å². The molecule has 94 valence electrons. The first-order chi connectivity index (χ1) is 8.86. The van der Waals surface area contributed by atoms with Gasteiger partial charge in [0.2, 0.25) is 0 Å². The molecule has 0 spiro atoms. The molecule has 0 unspecified atom stereocenters. The number of nitrogens with two attached hydrogens (primary N) is 1. The SMILES string of the molecule is NCc1nc(-c2ccc3c(c2)OCCCO3)cs1. The van der Waals surface area contributed by atoms with E-state index >= 15 is 0 Å². The minimum Gasteiger partial charge on any atom is -0.490 e. The minimum atomic E-state index is 0.481. The molecule has 0 atom stereocenters. The van der Waals surface area contributed by atoms with Gasteiger partial charge in [-0.15, -0.1) is 11.3 Å². The molecule has 2 N–H and O–H groups in total. The quantitative estimate of drug-likeness (QED) is 0.903. The Labute approximate surface area is 109 Å². The van der Waals surface area contributed by atoms with Crippen LogP contribution in [0.5, 0.6) is 11.5 Å². The molecule has 4 nitrogen and oxygen atoms in total. The van der Waals surface area contributed by atoms with Gasteiger partial charge in [-0.3, -0.25) is 0 Å². The van der Waals surface area contributed by atoms with Gasteiger partial charge in [-0.05, 0) is 18.2 Å². The number of fused-ring (bicyclic) bond motifs is 1. The number of nitrogens with zero attached hydrogens (tertiary/aromatic N) is 1. The van der Waals surface area contributed by atoms with E-state index in [-0.39, 0.29) is 0 Å². The largest absolute Gasteiger partial charge is 0.490 e. The fourth-order valence-corrected chi connectivity index (χ4v) is 2.54. The molecule has 5 heteroatoms. The second-order valence-electron chi connectivity index (χ2n) is 4.04. The van der Waals surface area contributed by atoms with Crippen LogP contribution in [0.1, 0.15) is 11.4 Å². The van der Waals surface area contributed by atoms with Crippen LogP contribution in [0.15, 0.2) is 23.6 Å². The summed E-state index contributed by atoms with van der Waals surface area (Å²) in [6.07, 6.45) is 0.915. The fourth-order valence-electron chi connectivity index (χ4n) is 1.86. The van der Waals surface area contributed by atoms with Crippen molar-refractivity contribution in [3.05, 3.63) is 28.6 Å². The Kier molecular flexibility index (Phi) is 3.17. The highest BCUT2D eigenvalue weighted by atomic mass is 32.1. The third-order valence-corrected chi connectivity index (χ3v) is 3.64. The lowest BCUT2D eigenvalue weighted by Crippen LogP contribution is -1.97. The summed E-state index contributed by atoms with van der Waals surface area (Å²) in [4.78, 5) is 4.47. The van der Waals surface area contributed by atoms with Crippen LogP contribution in [0.25, 0.3) is 11.3 Å². The molecule has 1 aromatic heterocycles. The molecule has 2 heterocycles. The van der Waals surface area contributed by atoms with Crippen molar-refractivity contribution < 1.29 is 9.47 Å². The average Bonchev–Trinajstić information content (AvgIpc) is 2.76. The molecule has 2 aromatic rings. The Bertz CT molecular complexity index is 554. The molecule has 1 aromatic carbocycles. The number of hydrogen-bond acceptors (Lipinski definition) is 5. The molecular weight excluding hydrogens is 248 g/mol. The number of benzene rings is 1. The minimum absolute atomic E-state index is 0.481. The van der Waals surface area contributed by atoms with Crippen LogP contribution < -0.4 is 15.2 Å². The van der Waals surface area contributed by atoms with E-state index in [0.29, 0.717) is 19.8 Å². The van der Waals surface area contributed by atoms with Crippen LogP contribution in [0.4, 0.5) is 0 Å². The second-order valence-corrected chi connectivity index (χ2v) is 4.99. The molecule has 18 heavy (non-hydrogen) atoms. The molecule has 0 fully saturated rings. The van der Waals surface area contributed by atoms with E-state index in [2.05, 4.69) is 4.98 Å². The van der Waals surface area contributed by atoms with Gasteiger partial charge < -0.3 is 15.2 Å². The summed E-state index contributed by atoms with van der Waals surface area (Å²) < 4.78 is 11.3. The second kappa shape index (κ2) is 4.96. The van der Waals surface area contributed by atoms with Crippen LogP contribution >= 0.6 is 11.3 Å². The first kappa shape index (κ1) is 11.5. The molecule has 1 aliphatic rings. The van der Waals surface area contributed by atoms with Crippen molar-refractivity contribution in [2.45, 2.75) is 13.0 Å². The smallest absolute Gasteiger partial charge is 0.161 e. The van der Waals surface area contributed by atoms with Crippen LogP contribution in [0, 0.1) is 0 Å². The Morgan fingerprint density at radius 2 is 2.06 bits per heavy atom. The Balaban J connectivity index is 1.95. The van der Waals surface area contributed by atoms with E-state index in [1.165, 1.54) is 0 Å². The number of aromatic nitrogens is 1. The molecule has 0 radical (unpaired) electrons. The van der Waals surface area contributed by atoms with Crippen molar-refractivity contribution in [1.82, 2.24) is 4.98 Å². The molecule has 3 rings (SSSR count). The van der Waals surface area contributed by atoms with Gasteiger partial charge in [-0.25, -0.2) is 4.98 Å². The fraction of sp³-hybridized carbons (Fsp3) is 0.308. The summed E-state index contributed by atoms with van der Waals surface area (Å²) in [6.45, 7) is 1.89. The lowest BCUT2D eigenvalue weighted by molar-refractivity contribution is 0.297. The number of rotatable bonds is 2. The van der Waals surface area contributed by atoms with Crippen molar-refractivity contribution in [1.29, 1.82) is 0 Å². The summed E-state index contributed by atoms with van der Waals surface area (Å²) in [6, 6.07) is 5.93. The maximum absolute atomic E-state index is 5.67. The van der Waals surface area contributed by atoms with Gasteiger partial charge in [0.25, 0.3) is 0 Å². The predicted molar refractivity (Wildman–Crippen MR) is 71.0 cm³/mol. The van der Waals surface area contributed by atoms with E-state index in [4.69, 9.17) is 15.2 Å². The average molecular weight is 262 g/mol. The number of thiazole rings is 1. The standard InChI is InChI=1S/C13H14N2O2S/c14-7-13-15-10(8-18-13)9-2-3-11-12(6-9)17-5-1-4-16-11/h2-3,6,8H,1,4-5,7,14H2. The van der Waals surface area contributed by atoms with Gasteiger partial charge in [-0.2, -0.15) is 0 Å². The zero-order chi connectivity index (χ0) is 12.4. The molecule has 0 bridgehead atoms. The zero-order valence-corrected chi connectivity index (χ0v) is 10.7. The highest BCUT2D eigenvalue weighted by Gasteiger charge is 2.12. The Morgan fingerprint density at radius 1 is 1.22 bits per heavy atom. The Morgan fingerprint density at radius 3 is 2.83 bits per heavy atom. The maximum Gasteiger partial charge on any atom is 0.161 e. The molecule has 0 saturated carbocycles. The van der Waals surface area contributed by atoms with E-state index < -0.39 is 0 Å². The van der Waals surface area contributed by atoms with E-state index in [9.17, 15) is 0 Å². The van der Waals surface area contributed by atoms with Crippen LogP contribution in [0.3, 0.4) is 0 Å². The normalized spacial score (nSPS) is 14.3. The van der Waals surface area contributed by atoms with Gasteiger partial charge >= 0.3 is 0 Å². The molecule has 0 saturated heterocycles. The number of ether oxygens (including phenoxy) is 2. The summed E-state index contributed by atoms with van der Waals surface area (Å²) in [7, 11) is 0. The molecule has 1 aliphatic heterocycles. The van der Waals surface area contributed by atoms with Crippen LogP contribution in [-0.2, 0) is 6.54 Å². The summed E-state index contributed by atoms with van der Waals surface area (Å²) in [5.74, 6) is 1.61. The molecule has 0 amide bonds. The van der Waals surface area contributed by atoms with Gasteiger partial charge in [0, 0.05) is 23.9 Å². The van der Waals surface area contributed by atoms with Gasteiger partial charge in [0.15, 0.2) is 11.5 Å². The zero-order valence-electron chi connectivity index (χ0n) is 9.89.